The number of nitrogens with zero attached hydrogens (tertiary/aromatic N) is 4. The Morgan fingerprint density at radius 1 is 0.380 bits per heavy atom. The van der Waals surface area contributed by atoms with Crippen LogP contribution in [0.5, 0.6) is 0 Å². The number of furan rings is 1. The summed E-state index contributed by atoms with van der Waals surface area (Å²) in [5, 5.41) is 4.41. The Labute approximate surface area is 287 Å². The van der Waals surface area contributed by atoms with Gasteiger partial charge in [-0.3, -0.25) is 4.57 Å². The van der Waals surface area contributed by atoms with Crippen LogP contribution in [0.1, 0.15) is 0 Å². The Kier molecular flexibility index (Phi) is 6.42. The maximum Gasteiger partial charge on any atom is 0.238 e. The Balaban J connectivity index is 1.20. The Morgan fingerprint density at radius 2 is 0.940 bits per heavy atom. The first-order valence-corrected chi connectivity index (χ1v) is 16.7. The van der Waals surface area contributed by atoms with Crippen molar-refractivity contribution >= 4 is 43.7 Å². The van der Waals surface area contributed by atoms with Gasteiger partial charge in [-0.15, -0.1) is 0 Å². The van der Waals surface area contributed by atoms with Crippen molar-refractivity contribution in [3.05, 3.63) is 170 Å². The molecule has 0 unspecified atom stereocenters. The van der Waals surface area contributed by atoms with E-state index in [-0.39, 0.29) is 0 Å². The van der Waals surface area contributed by atoms with Crippen LogP contribution in [0.4, 0.5) is 0 Å². The summed E-state index contributed by atoms with van der Waals surface area (Å²) in [6.45, 7) is 0. The van der Waals surface area contributed by atoms with Crippen LogP contribution >= 0.6 is 0 Å². The van der Waals surface area contributed by atoms with Crippen LogP contribution in [-0.2, 0) is 0 Å². The molecule has 5 heteroatoms. The standard InChI is InChI=1S/C45H28N4O/c1-4-14-29(15-5-1)33-26-37(30-16-6-2-7-17-30)42-38(27-33)36-25-24-32(28-41(36)50-42)44-46-43(31-18-8-3-9-19-31)47-45(48-44)49-39-22-12-10-20-34(39)35-21-11-13-23-40(35)49/h1-28H. The smallest absolute Gasteiger partial charge is 0.238 e. The number of para-hydroxylation sites is 2. The minimum atomic E-state index is 0.565. The highest BCUT2D eigenvalue weighted by atomic mass is 16.3. The van der Waals surface area contributed by atoms with E-state index in [0.717, 1.165) is 77.1 Å². The van der Waals surface area contributed by atoms with Crippen molar-refractivity contribution in [2.24, 2.45) is 0 Å². The molecule has 50 heavy (non-hydrogen) atoms. The quantitative estimate of drug-likeness (QED) is 0.188. The van der Waals surface area contributed by atoms with Gasteiger partial charge in [0.2, 0.25) is 5.95 Å². The minimum Gasteiger partial charge on any atom is -0.455 e. The molecule has 0 aliphatic heterocycles. The molecule has 0 saturated heterocycles. The van der Waals surface area contributed by atoms with E-state index in [1.54, 1.807) is 0 Å². The van der Waals surface area contributed by atoms with E-state index < -0.39 is 0 Å². The molecule has 0 N–H and O–H groups in total. The first-order chi connectivity index (χ1) is 24.8. The number of hydrogen-bond acceptors (Lipinski definition) is 4. The molecule has 0 fully saturated rings. The fourth-order valence-corrected chi connectivity index (χ4v) is 7.09. The second-order valence-electron chi connectivity index (χ2n) is 12.5. The van der Waals surface area contributed by atoms with Gasteiger partial charge in [-0.1, -0.05) is 133 Å². The lowest BCUT2D eigenvalue weighted by Gasteiger charge is -2.10. The molecular formula is C45H28N4O. The molecular weight excluding hydrogens is 613 g/mol. The van der Waals surface area contributed by atoms with Crippen LogP contribution in [0.3, 0.4) is 0 Å². The van der Waals surface area contributed by atoms with Gasteiger partial charge in [0.1, 0.15) is 11.2 Å². The van der Waals surface area contributed by atoms with Gasteiger partial charge in [-0.25, -0.2) is 4.98 Å². The molecule has 10 rings (SSSR count). The molecule has 0 saturated carbocycles. The van der Waals surface area contributed by atoms with Crippen molar-refractivity contribution in [1.29, 1.82) is 0 Å². The summed E-state index contributed by atoms with van der Waals surface area (Å²) < 4.78 is 8.89. The zero-order valence-corrected chi connectivity index (χ0v) is 26.9. The average molecular weight is 641 g/mol. The second kappa shape index (κ2) is 11.4. The lowest BCUT2D eigenvalue weighted by molar-refractivity contribution is 0.670. The molecule has 0 amide bonds. The molecule has 0 radical (unpaired) electrons. The predicted octanol–water partition coefficient (Wildman–Crippen LogP) is 11.5. The van der Waals surface area contributed by atoms with Gasteiger partial charge in [0.05, 0.1) is 11.0 Å². The molecule has 0 aliphatic rings. The van der Waals surface area contributed by atoms with E-state index in [4.69, 9.17) is 19.4 Å². The highest BCUT2D eigenvalue weighted by molar-refractivity contribution is 6.12. The molecule has 0 atom stereocenters. The first-order valence-electron chi connectivity index (χ1n) is 16.7. The van der Waals surface area contributed by atoms with Gasteiger partial charge >= 0.3 is 0 Å². The molecule has 0 spiro atoms. The van der Waals surface area contributed by atoms with Crippen molar-refractivity contribution in [2.45, 2.75) is 0 Å². The average Bonchev–Trinajstić information content (AvgIpc) is 3.74. The van der Waals surface area contributed by atoms with E-state index in [0.29, 0.717) is 17.6 Å². The van der Waals surface area contributed by atoms with E-state index in [1.807, 2.05) is 42.5 Å². The Hall–Kier alpha value is -6.85. The van der Waals surface area contributed by atoms with Crippen LogP contribution in [0, 0.1) is 0 Å². The van der Waals surface area contributed by atoms with Crippen LogP contribution in [0.15, 0.2) is 174 Å². The van der Waals surface area contributed by atoms with Gasteiger partial charge in [0, 0.05) is 38.2 Å². The highest BCUT2D eigenvalue weighted by Gasteiger charge is 2.20. The van der Waals surface area contributed by atoms with Crippen LogP contribution < -0.4 is 0 Å². The number of aromatic nitrogens is 4. The van der Waals surface area contributed by atoms with E-state index in [2.05, 4.69) is 132 Å². The zero-order valence-electron chi connectivity index (χ0n) is 26.9. The van der Waals surface area contributed by atoms with Crippen LogP contribution in [0.2, 0.25) is 0 Å². The summed E-state index contributed by atoms with van der Waals surface area (Å²) in [4.78, 5) is 15.3. The third-order valence-electron chi connectivity index (χ3n) is 9.46. The maximum absolute atomic E-state index is 6.75. The monoisotopic (exact) mass is 640 g/mol. The molecule has 5 nitrogen and oxygen atoms in total. The maximum atomic E-state index is 6.75. The van der Waals surface area contributed by atoms with Crippen molar-refractivity contribution in [3.63, 3.8) is 0 Å². The third kappa shape index (κ3) is 4.60. The number of rotatable bonds is 5. The SMILES string of the molecule is c1ccc(-c2cc(-c3ccccc3)c3oc4cc(-c5nc(-c6ccccc6)nc(-n6c7ccccc7c7ccccc76)n5)ccc4c3c2)cc1. The topological polar surface area (TPSA) is 56.7 Å². The lowest BCUT2D eigenvalue weighted by atomic mass is 9.95. The highest BCUT2D eigenvalue weighted by Crippen LogP contribution is 2.41. The van der Waals surface area contributed by atoms with Crippen LogP contribution in [-0.4, -0.2) is 19.5 Å². The zero-order chi connectivity index (χ0) is 33.0. The van der Waals surface area contributed by atoms with Gasteiger partial charge in [-0.05, 0) is 53.1 Å². The van der Waals surface area contributed by atoms with Gasteiger partial charge in [0.15, 0.2) is 11.6 Å². The van der Waals surface area contributed by atoms with Gasteiger partial charge in [0.25, 0.3) is 0 Å². The molecule has 3 aromatic heterocycles. The summed E-state index contributed by atoms with van der Waals surface area (Å²) in [6, 6.07) is 58.6. The Morgan fingerprint density at radius 3 is 1.60 bits per heavy atom. The van der Waals surface area contributed by atoms with Gasteiger partial charge in [-0.2, -0.15) is 9.97 Å². The number of fused-ring (bicyclic) bond motifs is 6. The van der Waals surface area contributed by atoms with Crippen molar-refractivity contribution in [3.8, 4) is 51.0 Å². The van der Waals surface area contributed by atoms with Crippen molar-refractivity contribution in [2.75, 3.05) is 0 Å². The number of hydrogen-bond donors (Lipinski definition) is 0. The number of benzene rings is 7. The minimum absolute atomic E-state index is 0.565. The summed E-state index contributed by atoms with van der Waals surface area (Å²) in [5.74, 6) is 1.75. The fraction of sp³-hybridized carbons (Fsp3) is 0. The first kappa shape index (κ1) is 28.2. The third-order valence-corrected chi connectivity index (χ3v) is 9.46. The molecule has 234 valence electrons. The molecule has 7 aromatic carbocycles. The summed E-state index contributed by atoms with van der Waals surface area (Å²) in [6.07, 6.45) is 0. The van der Waals surface area contributed by atoms with E-state index in [9.17, 15) is 0 Å². The summed E-state index contributed by atoms with van der Waals surface area (Å²) in [7, 11) is 0. The second-order valence-corrected chi connectivity index (χ2v) is 12.5. The normalized spacial score (nSPS) is 11.6. The molecule has 0 aliphatic carbocycles. The Bertz CT molecular complexity index is 2800. The summed E-state index contributed by atoms with van der Waals surface area (Å²) in [5.41, 5.74) is 9.95. The molecule has 10 aromatic rings. The van der Waals surface area contributed by atoms with Gasteiger partial charge < -0.3 is 4.42 Å². The van der Waals surface area contributed by atoms with Crippen molar-refractivity contribution in [1.82, 2.24) is 19.5 Å². The van der Waals surface area contributed by atoms with E-state index in [1.165, 1.54) is 0 Å². The van der Waals surface area contributed by atoms with Crippen molar-refractivity contribution < 1.29 is 4.42 Å². The summed E-state index contributed by atoms with van der Waals surface area (Å²) >= 11 is 0. The van der Waals surface area contributed by atoms with Crippen LogP contribution in [0.25, 0.3) is 94.7 Å². The van der Waals surface area contributed by atoms with E-state index >= 15 is 0 Å². The molecule has 3 heterocycles. The molecule has 0 bridgehead atoms. The fourth-order valence-electron chi connectivity index (χ4n) is 7.09. The predicted molar refractivity (Wildman–Crippen MR) is 203 cm³/mol. The largest absolute Gasteiger partial charge is 0.455 e. The lowest BCUT2D eigenvalue weighted by Crippen LogP contribution is -2.06.